The molecule has 1 heterocycles. The van der Waals surface area contributed by atoms with Gasteiger partial charge in [-0.05, 0) is 56.9 Å². The average Bonchev–Trinajstić information content (AvgIpc) is 3.27. The van der Waals surface area contributed by atoms with Crippen LogP contribution in [0.2, 0.25) is 0 Å². The van der Waals surface area contributed by atoms with E-state index < -0.39 is 11.7 Å². The topological polar surface area (TPSA) is 88.1 Å². The highest BCUT2D eigenvalue weighted by atomic mass is 16.6. The fourth-order valence-electron chi connectivity index (χ4n) is 2.81. The van der Waals surface area contributed by atoms with Crippen LogP contribution in [-0.4, -0.2) is 40.9 Å². The molecule has 0 atom stereocenters. The van der Waals surface area contributed by atoms with Crippen LogP contribution >= 0.6 is 0 Å². The van der Waals surface area contributed by atoms with Gasteiger partial charge in [-0.25, -0.2) is 9.59 Å². The quantitative estimate of drug-likeness (QED) is 0.728. The Morgan fingerprint density at radius 3 is 2.16 bits per heavy atom. The van der Waals surface area contributed by atoms with Crippen LogP contribution < -0.4 is 5.32 Å². The summed E-state index contributed by atoms with van der Waals surface area (Å²) in [7, 11) is 0. The lowest BCUT2D eigenvalue weighted by Crippen LogP contribution is -2.32. The second-order valence-corrected chi connectivity index (χ2v) is 8.26. The number of aromatic hydroxyl groups is 1. The maximum absolute atomic E-state index is 11.5. The zero-order chi connectivity index (χ0) is 22.7. The molecule has 0 aliphatic carbocycles. The van der Waals surface area contributed by atoms with Crippen molar-refractivity contribution in [3.8, 4) is 5.75 Å². The van der Waals surface area contributed by atoms with Crippen LogP contribution in [0, 0.1) is 0 Å². The predicted octanol–water partition coefficient (Wildman–Crippen LogP) is 4.84. The lowest BCUT2D eigenvalue weighted by Gasteiger charge is -2.19. The summed E-state index contributed by atoms with van der Waals surface area (Å²) < 4.78 is 10.3. The minimum absolute atomic E-state index is 0.184. The molecule has 2 aromatic rings. The molecule has 168 valence electrons. The molecular weight excluding hydrogens is 396 g/mol. The molecule has 0 unspecified atom stereocenters. The van der Waals surface area contributed by atoms with E-state index in [-0.39, 0.29) is 11.8 Å². The molecule has 0 bridgehead atoms. The first kappa shape index (κ1) is 24.1. The number of phenolic OH excluding ortho intramolecular Hbond substituents is 1. The highest BCUT2D eigenvalue weighted by Gasteiger charge is 2.18. The van der Waals surface area contributed by atoms with Crippen LogP contribution in [0.25, 0.3) is 0 Å². The smallest absolute Gasteiger partial charge is 0.410 e. The van der Waals surface area contributed by atoms with E-state index in [9.17, 15) is 9.59 Å². The SMILES string of the molecule is CC(C)(C)OC(=O)NCc1ccc(O)cc1.O=C(OCc1ccccc1)N1CCCC1. The Kier molecular flexibility index (Phi) is 9.18. The van der Waals surface area contributed by atoms with E-state index in [2.05, 4.69) is 5.32 Å². The molecule has 0 radical (unpaired) electrons. The lowest BCUT2D eigenvalue weighted by atomic mass is 10.2. The summed E-state index contributed by atoms with van der Waals surface area (Å²) in [6.45, 7) is 7.88. The minimum Gasteiger partial charge on any atom is -0.508 e. The van der Waals surface area contributed by atoms with Crippen LogP contribution in [-0.2, 0) is 22.6 Å². The number of nitrogens with one attached hydrogen (secondary N) is 1. The number of likely N-dealkylation sites (tertiary alicyclic amines) is 1. The van der Waals surface area contributed by atoms with Crippen molar-refractivity contribution in [2.45, 2.75) is 52.4 Å². The van der Waals surface area contributed by atoms with Crippen LogP contribution in [0.5, 0.6) is 5.75 Å². The predicted molar refractivity (Wildman–Crippen MR) is 119 cm³/mol. The van der Waals surface area contributed by atoms with Crippen molar-refractivity contribution in [3.05, 3.63) is 65.7 Å². The number of rotatable bonds is 4. The average molecular weight is 429 g/mol. The van der Waals surface area contributed by atoms with Crippen LogP contribution in [0.4, 0.5) is 9.59 Å². The fraction of sp³-hybridized carbons (Fsp3) is 0.417. The molecule has 0 aromatic heterocycles. The third-order valence-corrected chi connectivity index (χ3v) is 4.34. The Hall–Kier alpha value is -3.22. The molecule has 1 aliphatic heterocycles. The third kappa shape index (κ3) is 9.89. The van der Waals surface area contributed by atoms with Gasteiger partial charge < -0.3 is 24.8 Å². The standard InChI is InChI=1S/C12H17NO3.C12H15NO2/c1-12(2,3)16-11(15)13-8-9-4-6-10(14)7-5-9;14-12(13-8-4-5-9-13)15-10-11-6-2-1-3-7-11/h4-7,14H,8H2,1-3H3,(H,13,15);1-3,6-7H,4-5,8-10H2. The maximum atomic E-state index is 11.5. The Morgan fingerprint density at radius 1 is 0.968 bits per heavy atom. The van der Waals surface area contributed by atoms with Crippen LogP contribution in [0.3, 0.4) is 0 Å². The Labute approximate surface area is 184 Å². The zero-order valence-corrected chi connectivity index (χ0v) is 18.5. The van der Waals surface area contributed by atoms with E-state index in [0.29, 0.717) is 13.2 Å². The molecule has 7 nitrogen and oxygen atoms in total. The number of ether oxygens (including phenoxy) is 2. The number of hydrogen-bond acceptors (Lipinski definition) is 5. The summed E-state index contributed by atoms with van der Waals surface area (Å²) in [5, 5.41) is 11.7. The normalized spacial score (nSPS) is 13.1. The van der Waals surface area contributed by atoms with Gasteiger partial charge in [-0.2, -0.15) is 0 Å². The van der Waals surface area contributed by atoms with Gasteiger partial charge in [0.2, 0.25) is 0 Å². The van der Waals surface area contributed by atoms with Crippen molar-refractivity contribution < 1.29 is 24.2 Å². The number of phenols is 1. The number of amides is 2. The molecular formula is C24H32N2O5. The molecule has 3 rings (SSSR count). The summed E-state index contributed by atoms with van der Waals surface area (Å²) in [5.41, 5.74) is 1.45. The van der Waals surface area contributed by atoms with Crippen molar-refractivity contribution in [3.63, 3.8) is 0 Å². The fourth-order valence-corrected chi connectivity index (χ4v) is 2.81. The van der Waals surface area contributed by atoms with Gasteiger partial charge in [-0.1, -0.05) is 42.5 Å². The van der Waals surface area contributed by atoms with Gasteiger partial charge in [-0.3, -0.25) is 0 Å². The van der Waals surface area contributed by atoms with Crippen molar-refractivity contribution in [2.75, 3.05) is 13.1 Å². The Balaban J connectivity index is 0.000000220. The molecule has 0 saturated carbocycles. The molecule has 31 heavy (non-hydrogen) atoms. The highest BCUT2D eigenvalue weighted by Crippen LogP contribution is 2.11. The van der Waals surface area contributed by atoms with Gasteiger partial charge in [0.15, 0.2) is 0 Å². The van der Waals surface area contributed by atoms with E-state index in [1.807, 2.05) is 51.1 Å². The van der Waals surface area contributed by atoms with Gasteiger partial charge >= 0.3 is 12.2 Å². The molecule has 2 N–H and O–H groups in total. The summed E-state index contributed by atoms with van der Waals surface area (Å²) >= 11 is 0. The summed E-state index contributed by atoms with van der Waals surface area (Å²) in [5.74, 6) is 0.209. The lowest BCUT2D eigenvalue weighted by molar-refractivity contribution is 0.0523. The monoisotopic (exact) mass is 428 g/mol. The third-order valence-electron chi connectivity index (χ3n) is 4.34. The number of benzene rings is 2. The van der Waals surface area contributed by atoms with E-state index in [0.717, 1.165) is 37.1 Å². The molecule has 1 aliphatic rings. The molecule has 2 aromatic carbocycles. The van der Waals surface area contributed by atoms with E-state index in [4.69, 9.17) is 14.6 Å². The van der Waals surface area contributed by atoms with Gasteiger partial charge in [0, 0.05) is 19.6 Å². The van der Waals surface area contributed by atoms with E-state index in [1.54, 1.807) is 29.2 Å². The van der Waals surface area contributed by atoms with Gasteiger partial charge in [0.25, 0.3) is 0 Å². The molecule has 1 fully saturated rings. The van der Waals surface area contributed by atoms with Crippen molar-refractivity contribution in [1.82, 2.24) is 10.2 Å². The second-order valence-electron chi connectivity index (χ2n) is 8.26. The number of alkyl carbamates (subject to hydrolysis) is 1. The Morgan fingerprint density at radius 2 is 1.58 bits per heavy atom. The molecule has 1 saturated heterocycles. The van der Waals surface area contributed by atoms with E-state index >= 15 is 0 Å². The Bertz CT molecular complexity index is 810. The first-order chi connectivity index (χ1) is 14.7. The molecule has 0 spiro atoms. The van der Waals surface area contributed by atoms with Crippen molar-refractivity contribution >= 4 is 12.2 Å². The summed E-state index contributed by atoms with van der Waals surface area (Å²) in [4.78, 5) is 24.6. The number of hydrogen-bond donors (Lipinski definition) is 2. The van der Waals surface area contributed by atoms with E-state index in [1.165, 1.54) is 0 Å². The van der Waals surface area contributed by atoms with Crippen LogP contribution in [0.15, 0.2) is 54.6 Å². The number of nitrogens with zero attached hydrogens (tertiary/aromatic N) is 1. The van der Waals surface area contributed by atoms with Gasteiger partial charge in [0.05, 0.1) is 0 Å². The van der Waals surface area contributed by atoms with Crippen molar-refractivity contribution in [2.24, 2.45) is 0 Å². The number of carbonyl (C=O) groups excluding carboxylic acids is 2. The summed E-state index contributed by atoms with van der Waals surface area (Å²) in [6.07, 6.45) is 1.57. The largest absolute Gasteiger partial charge is 0.508 e. The molecule has 2 amide bonds. The molecule has 7 heteroatoms. The first-order valence-electron chi connectivity index (χ1n) is 10.4. The number of carbonyl (C=O) groups is 2. The summed E-state index contributed by atoms with van der Waals surface area (Å²) in [6, 6.07) is 16.4. The highest BCUT2D eigenvalue weighted by molar-refractivity contribution is 5.68. The second kappa shape index (κ2) is 11.8. The minimum atomic E-state index is -0.487. The first-order valence-corrected chi connectivity index (χ1v) is 10.4. The zero-order valence-electron chi connectivity index (χ0n) is 18.5. The van der Waals surface area contributed by atoms with Gasteiger partial charge in [-0.15, -0.1) is 0 Å². The van der Waals surface area contributed by atoms with Crippen molar-refractivity contribution in [1.29, 1.82) is 0 Å². The van der Waals surface area contributed by atoms with Gasteiger partial charge in [0.1, 0.15) is 18.0 Å². The maximum Gasteiger partial charge on any atom is 0.410 e. The van der Waals surface area contributed by atoms with Crippen LogP contribution in [0.1, 0.15) is 44.7 Å².